The summed E-state index contributed by atoms with van der Waals surface area (Å²) >= 11 is 0. The summed E-state index contributed by atoms with van der Waals surface area (Å²) < 4.78 is 1.83. The van der Waals surface area contributed by atoms with Gasteiger partial charge in [0, 0.05) is 18.8 Å². The van der Waals surface area contributed by atoms with Crippen molar-refractivity contribution >= 4 is 0 Å². The van der Waals surface area contributed by atoms with Crippen molar-refractivity contribution in [1.29, 1.82) is 0 Å². The Morgan fingerprint density at radius 3 is 2.29 bits per heavy atom. The lowest BCUT2D eigenvalue weighted by atomic mass is 10.0. The lowest BCUT2D eigenvalue weighted by molar-refractivity contribution is 0.0411. The van der Waals surface area contributed by atoms with E-state index >= 15 is 0 Å². The molecule has 6 heteroatoms. The van der Waals surface area contributed by atoms with Crippen molar-refractivity contribution in [3.8, 4) is 0 Å². The molecule has 0 saturated carbocycles. The molecule has 0 aliphatic carbocycles. The SMILES string of the molecule is CC(C)n1ccc(CNC(CO)(CO)CO)n1. The molecule has 0 spiro atoms. The zero-order chi connectivity index (χ0) is 12.9. The van der Waals surface area contributed by atoms with Crippen LogP contribution in [-0.4, -0.2) is 50.5 Å². The molecule has 6 nitrogen and oxygen atoms in total. The Hall–Kier alpha value is -0.950. The van der Waals surface area contributed by atoms with Gasteiger partial charge in [0.05, 0.1) is 31.1 Å². The summed E-state index contributed by atoms with van der Waals surface area (Å²) in [6, 6.07) is 2.16. The minimum atomic E-state index is -1.05. The summed E-state index contributed by atoms with van der Waals surface area (Å²) in [7, 11) is 0. The highest BCUT2D eigenvalue weighted by Gasteiger charge is 2.27. The first-order valence-electron chi connectivity index (χ1n) is 5.68. The summed E-state index contributed by atoms with van der Waals surface area (Å²) in [5.41, 5.74) is -0.250. The third-order valence-electron chi connectivity index (χ3n) is 2.75. The van der Waals surface area contributed by atoms with Crippen LogP contribution < -0.4 is 5.32 Å². The Morgan fingerprint density at radius 1 is 1.29 bits per heavy atom. The van der Waals surface area contributed by atoms with Crippen LogP contribution in [0.25, 0.3) is 0 Å². The molecule has 0 amide bonds. The van der Waals surface area contributed by atoms with E-state index in [0.717, 1.165) is 5.69 Å². The van der Waals surface area contributed by atoms with Crippen molar-refractivity contribution in [2.75, 3.05) is 19.8 Å². The molecule has 0 radical (unpaired) electrons. The van der Waals surface area contributed by atoms with E-state index in [1.54, 1.807) is 0 Å². The number of nitrogens with one attached hydrogen (secondary N) is 1. The van der Waals surface area contributed by atoms with Crippen molar-refractivity contribution in [1.82, 2.24) is 15.1 Å². The normalized spacial score (nSPS) is 12.4. The Morgan fingerprint density at radius 2 is 1.88 bits per heavy atom. The van der Waals surface area contributed by atoms with E-state index in [2.05, 4.69) is 10.4 Å². The van der Waals surface area contributed by atoms with Crippen molar-refractivity contribution in [2.24, 2.45) is 0 Å². The first-order valence-corrected chi connectivity index (χ1v) is 5.68. The van der Waals surface area contributed by atoms with Gasteiger partial charge in [-0.25, -0.2) is 0 Å². The van der Waals surface area contributed by atoms with E-state index in [4.69, 9.17) is 15.3 Å². The van der Waals surface area contributed by atoms with Crippen LogP contribution in [0.3, 0.4) is 0 Å². The van der Waals surface area contributed by atoms with E-state index < -0.39 is 5.54 Å². The highest BCUT2D eigenvalue weighted by molar-refractivity contribution is 5.01. The third-order valence-corrected chi connectivity index (χ3v) is 2.75. The average molecular weight is 243 g/mol. The molecule has 17 heavy (non-hydrogen) atoms. The predicted octanol–water partition coefficient (Wildman–Crippen LogP) is -0.731. The monoisotopic (exact) mass is 243 g/mol. The van der Waals surface area contributed by atoms with Gasteiger partial charge in [-0.05, 0) is 19.9 Å². The highest BCUT2D eigenvalue weighted by atomic mass is 16.3. The van der Waals surface area contributed by atoms with E-state index in [9.17, 15) is 0 Å². The van der Waals surface area contributed by atoms with Crippen LogP contribution in [-0.2, 0) is 6.54 Å². The first-order chi connectivity index (χ1) is 8.06. The fraction of sp³-hybridized carbons (Fsp3) is 0.727. The Kier molecular flexibility index (Phi) is 5.07. The van der Waals surface area contributed by atoms with Crippen LogP contribution in [0.5, 0.6) is 0 Å². The summed E-state index contributed by atoms with van der Waals surface area (Å²) in [4.78, 5) is 0. The topological polar surface area (TPSA) is 90.5 Å². The molecule has 98 valence electrons. The van der Waals surface area contributed by atoms with Crippen LogP contribution >= 0.6 is 0 Å². The lowest BCUT2D eigenvalue weighted by Gasteiger charge is -2.28. The average Bonchev–Trinajstić information content (AvgIpc) is 2.81. The molecule has 1 rings (SSSR count). The minimum Gasteiger partial charge on any atom is -0.394 e. The highest BCUT2D eigenvalue weighted by Crippen LogP contribution is 2.07. The quantitative estimate of drug-likeness (QED) is 0.507. The number of nitrogens with zero attached hydrogens (tertiary/aromatic N) is 2. The fourth-order valence-corrected chi connectivity index (χ4v) is 1.36. The number of rotatable bonds is 7. The molecule has 1 aromatic rings. The number of aromatic nitrogens is 2. The van der Waals surface area contributed by atoms with Crippen LogP contribution in [0.1, 0.15) is 25.6 Å². The van der Waals surface area contributed by atoms with Crippen molar-refractivity contribution in [3.63, 3.8) is 0 Å². The molecule has 0 aromatic carbocycles. The smallest absolute Gasteiger partial charge is 0.0884 e. The maximum absolute atomic E-state index is 9.14. The largest absolute Gasteiger partial charge is 0.394 e. The van der Waals surface area contributed by atoms with E-state index in [1.165, 1.54) is 0 Å². The molecular formula is C11H21N3O3. The summed E-state index contributed by atoms with van der Waals surface area (Å²) in [6.07, 6.45) is 1.88. The standard InChI is InChI=1S/C11H21N3O3/c1-9(2)14-4-3-10(13-14)5-12-11(6-15,7-16)8-17/h3-4,9,12,15-17H,5-8H2,1-2H3. The zero-order valence-corrected chi connectivity index (χ0v) is 10.3. The van der Waals surface area contributed by atoms with Crippen LogP contribution in [0.4, 0.5) is 0 Å². The summed E-state index contributed by atoms with van der Waals surface area (Å²) in [6.45, 7) is 3.47. The van der Waals surface area contributed by atoms with Gasteiger partial charge in [-0.3, -0.25) is 10.00 Å². The number of aliphatic hydroxyl groups is 3. The molecule has 0 bridgehead atoms. The van der Waals surface area contributed by atoms with Gasteiger partial charge in [0.15, 0.2) is 0 Å². The van der Waals surface area contributed by atoms with Gasteiger partial charge in [-0.2, -0.15) is 5.10 Å². The summed E-state index contributed by atoms with van der Waals surface area (Å²) in [5, 5.41) is 34.7. The number of aliphatic hydroxyl groups excluding tert-OH is 3. The Bertz CT molecular complexity index is 326. The predicted molar refractivity (Wildman–Crippen MR) is 63.4 cm³/mol. The van der Waals surface area contributed by atoms with Crippen molar-refractivity contribution in [2.45, 2.75) is 32.0 Å². The van der Waals surface area contributed by atoms with Gasteiger partial charge in [0.1, 0.15) is 0 Å². The molecular weight excluding hydrogens is 222 g/mol. The molecule has 1 heterocycles. The molecule has 0 aliphatic heterocycles. The lowest BCUT2D eigenvalue weighted by Crippen LogP contribution is -2.54. The second-order valence-corrected chi connectivity index (χ2v) is 4.49. The van der Waals surface area contributed by atoms with Gasteiger partial charge in [0.25, 0.3) is 0 Å². The van der Waals surface area contributed by atoms with Gasteiger partial charge in [-0.1, -0.05) is 0 Å². The van der Waals surface area contributed by atoms with Crippen LogP contribution in [0.15, 0.2) is 12.3 Å². The second-order valence-electron chi connectivity index (χ2n) is 4.49. The van der Waals surface area contributed by atoms with Gasteiger partial charge in [0.2, 0.25) is 0 Å². The number of hydrogen-bond acceptors (Lipinski definition) is 5. The Balaban J connectivity index is 2.59. The molecule has 0 atom stereocenters. The molecule has 0 fully saturated rings. The van der Waals surface area contributed by atoms with Gasteiger partial charge >= 0.3 is 0 Å². The van der Waals surface area contributed by atoms with Crippen molar-refractivity contribution in [3.05, 3.63) is 18.0 Å². The maximum Gasteiger partial charge on any atom is 0.0884 e. The van der Waals surface area contributed by atoms with E-state index in [1.807, 2.05) is 30.8 Å². The zero-order valence-electron chi connectivity index (χ0n) is 10.3. The first kappa shape index (κ1) is 14.1. The fourth-order valence-electron chi connectivity index (χ4n) is 1.36. The van der Waals surface area contributed by atoms with E-state index in [0.29, 0.717) is 12.6 Å². The summed E-state index contributed by atoms with van der Waals surface area (Å²) in [5.74, 6) is 0. The minimum absolute atomic E-state index is 0.294. The number of hydrogen-bond donors (Lipinski definition) is 4. The molecule has 0 saturated heterocycles. The van der Waals surface area contributed by atoms with Crippen LogP contribution in [0, 0.1) is 0 Å². The van der Waals surface area contributed by atoms with E-state index in [-0.39, 0.29) is 19.8 Å². The van der Waals surface area contributed by atoms with Crippen LogP contribution in [0.2, 0.25) is 0 Å². The second kappa shape index (κ2) is 6.11. The van der Waals surface area contributed by atoms with Crippen molar-refractivity contribution < 1.29 is 15.3 Å². The van der Waals surface area contributed by atoms with Gasteiger partial charge in [-0.15, -0.1) is 0 Å². The molecule has 0 aliphatic rings. The Labute approximate surface area is 101 Å². The maximum atomic E-state index is 9.14. The molecule has 4 N–H and O–H groups in total. The third kappa shape index (κ3) is 3.50. The molecule has 1 aromatic heterocycles. The molecule has 0 unspecified atom stereocenters. The van der Waals surface area contributed by atoms with Gasteiger partial charge < -0.3 is 15.3 Å².